The van der Waals surface area contributed by atoms with Gasteiger partial charge in [0, 0.05) is 41.2 Å². The number of anilines is 1. The van der Waals surface area contributed by atoms with Crippen LogP contribution in [0.1, 0.15) is 10.4 Å². The lowest BCUT2D eigenvalue weighted by atomic mass is 10.2. The molecule has 0 radical (unpaired) electrons. The summed E-state index contributed by atoms with van der Waals surface area (Å²) in [6, 6.07) is 14.4. The van der Waals surface area contributed by atoms with Crippen LogP contribution < -0.4 is 5.32 Å². The molecule has 0 saturated carbocycles. The van der Waals surface area contributed by atoms with E-state index in [1.807, 2.05) is 29.2 Å². The Morgan fingerprint density at radius 1 is 1.00 bits per heavy atom. The highest BCUT2D eigenvalue weighted by atomic mass is 79.9. The summed E-state index contributed by atoms with van der Waals surface area (Å²) in [7, 11) is 0. The van der Waals surface area contributed by atoms with Crippen molar-refractivity contribution in [2.24, 2.45) is 0 Å². The molecule has 3 rings (SSSR count). The fourth-order valence-electron chi connectivity index (χ4n) is 2.84. The van der Waals surface area contributed by atoms with Crippen LogP contribution in [0, 0.1) is 0 Å². The van der Waals surface area contributed by atoms with Crippen LogP contribution in [0.2, 0.25) is 5.02 Å². The second-order valence-electron chi connectivity index (χ2n) is 6.10. The first-order valence-electron chi connectivity index (χ1n) is 8.34. The molecular weight excluding hydrogens is 418 g/mol. The maximum atomic E-state index is 12.5. The van der Waals surface area contributed by atoms with Crippen molar-refractivity contribution in [2.75, 3.05) is 38.0 Å². The molecule has 1 N–H and O–H groups in total. The number of carbonyl (C=O) groups excluding carboxylic acids is 2. The topological polar surface area (TPSA) is 52.7 Å². The summed E-state index contributed by atoms with van der Waals surface area (Å²) in [5.41, 5.74) is 1.39. The molecule has 1 heterocycles. The van der Waals surface area contributed by atoms with Crippen molar-refractivity contribution in [3.63, 3.8) is 0 Å². The minimum atomic E-state index is -0.0608. The lowest BCUT2D eigenvalue weighted by Crippen LogP contribution is -2.50. The molecule has 2 aromatic rings. The number of hydrogen-bond donors (Lipinski definition) is 1. The third-order valence-corrected chi connectivity index (χ3v) is 5.21. The van der Waals surface area contributed by atoms with Crippen LogP contribution in [0.3, 0.4) is 0 Å². The summed E-state index contributed by atoms with van der Waals surface area (Å²) >= 11 is 9.28. The number of piperazine rings is 1. The fraction of sp³-hybridized carbons (Fsp3) is 0.263. The van der Waals surface area contributed by atoms with Crippen molar-refractivity contribution < 1.29 is 9.59 Å². The highest BCUT2D eigenvalue weighted by Gasteiger charge is 2.23. The van der Waals surface area contributed by atoms with Gasteiger partial charge in [-0.3, -0.25) is 14.5 Å². The van der Waals surface area contributed by atoms with Gasteiger partial charge in [0.15, 0.2) is 0 Å². The number of benzene rings is 2. The van der Waals surface area contributed by atoms with Gasteiger partial charge in [-0.25, -0.2) is 0 Å². The Morgan fingerprint density at radius 3 is 2.31 bits per heavy atom. The summed E-state index contributed by atoms with van der Waals surface area (Å²) in [6.45, 7) is 2.85. The molecule has 26 heavy (non-hydrogen) atoms. The van der Waals surface area contributed by atoms with E-state index in [9.17, 15) is 9.59 Å². The van der Waals surface area contributed by atoms with Crippen molar-refractivity contribution in [3.05, 3.63) is 63.6 Å². The Balaban J connectivity index is 1.49. The third-order valence-electron chi connectivity index (χ3n) is 4.27. The highest BCUT2D eigenvalue weighted by molar-refractivity contribution is 9.10. The average molecular weight is 437 g/mol. The van der Waals surface area contributed by atoms with Crippen molar-refractivity contribution in [3.8, 4) is 0 Å². The monoisotopic (exact) mass is 435 g/mol. The molecule has 2 amide bonds. The van der Waals surface area contributed by atoms with Gasteiger partial charge in [-0.05, 0) is 52.3 Å². The van der Waals surface area contributed by atoms with Gasteiger partial charge in [0.1, 0.15) is 0 Å². The van der Waals surface area contributed by atoms with Crippen molar-refractivity contribution >= 4 is 45.0 Å². The molecular formula is C19H19BrClN3O2. The Kier molecular flexibility index (Phi) is 6.29. The molecule has 5 nitrogen and oxygen atoms in total. The molecule has 0 unspecified atom stereocenters. The third kappa shape index (κ3) is 4.84. The first-order valence-corrected chi connectivity index (χ1v) is 9.51. The quantitative estimate of drug-likeness (QED) is 0.798. The molecule has 0 spiro atoms. The van der Waals surface area contributed by atoms with Crippen LogP contribution in [-0.2, 0) is 4.79 Å². The second-order valence-corrected chi connectivity index (χ2v) is 7.39. The van der Waals surface area contributed by atoms with E-state index in [1.54, 1.807) is 24.3 Å². The van der Waals surface area contributed by atoms with E-state index < -0.39 is 0 Å². The van der Waals surface area contributed by atoms with E-state index >= 15 is 0 Å². The average Bonchev–Trinajstić information content (AvgIpc) is 2.64. The first kappa shape index (κ1) is 18.9. The van der Waals surface area contributed by atoms with E-state index in [1.165, 1.54) is 0 Å². The number of nitrogens with zero attached hydrogens (tertiary/aromatic N) is 2. The number of nitrogens with one attached hydrogen (secondary N) is 1. The summed E-state index contributed by atoms with van der Waals surface area (Å²) in [5.74, 6) is -0.0617. The molecule has 1 aliphatic rings. The standard InChI is InChI=1S/C19H19BrClN3O2/c20-16-3-1-2-4-17(16)22-18(25)13-23-9-11-24(12-10-23)19(26)14-5-7-15(21)8-6-14/h1-8H,9-13H2,(H,22,25). The second kappa shape index (κ2) is 8.66. The number of hydrogen-bond acceptors (Lipinski definition) is 3. The van der Waals surface area contributed by atoms with Crippen LogP contribution in [0.5, 0.6) is 0 Å². The number of amides is 2. The zero-order valence-corrected chi connectivity index (χ0v) is 16.5. The normalized spacial score (nSPS) is 14.9. The van der Waals surface area contributed by atoms with E-state index in [0.717, 1.165) is 10.2 Å². The molecule has 136 valence electrons. The van der Waals surface area contributed by atoms with Crippen LogP contribution in [0.25, 0.3) is 0 Å². The Bertz CT molecular complexity index is 790. The highest BCUT2D eigenvalue weighted by Crippen LogP contribution is 2.21. The van der Waals surface area contributed by atoms with E-state index in [4.69, 9.17) is 11.6 Å². The van der Waals surface area contributed by atoms with Crippen molar-refractivity contribution in [1.82, 2.24) is 9.80 Å². The van der Waals surface area contributed by atoms with Gasteiger partial charge in [0.25, 0.3) is 5.91 Å². The molecule has 7 heteroatoms. The molecule has 0 atom stereocenters. The van der Waals surface area contributed by atoms with Gasteiger partial charge in [-0.15, -0.1) is 0 Å². The smallest absolute Gasteiger partial charge is 0.253 e. The lowest BCUT2D eigenvalue weighted by Gasteiger charge is -2.34. The fourth-order valence-corrected chi connectivity index (χ4v) is 3.35. The van der Waals surface area contributed by atoms with Gasteiger partial charge in [-0.1, -0.05) is 23.7 Å². The SMILES string of the molecule is O=C(CN1CCN(C(=O)c2ccc(Cl)cc2)CC1)Nc1ccccc1Br. The first-order chi connectivity index (χ1) is 12.5. The lowest BCUT2D eigenvalue weighted by molar-refractivity contribution is -0.117. The summed E-state index contributed by atoms with van der Waals surface area (Å²) in [5, 5.41) is 3.52. The minimum absolute atomic E-state index is 0.000940. The van der Waals surface area contributed by atoms with Gasteiger partial charge in [-0.2, -0.15) is 0 Å². The van der Waals surface area contributed by atoms with Gasteiger partial charge < -0.3 is 10.2 Å². The van der Waals surface area contributed by atoms with Crippen molar-refractivity contribution in [2.45, 2.75) is 0 Å². The predicted octanol–water partition coefficient (Wildman–Crippen LogP) is 3.50. The summed E-state index contributed by atoms with van der Waals surface area (Å²) < 4.78 is 0.853. The summed E-state index contributed by atoms with van der Waals surface area (Å²) in [6.07, 6.45) is 0. The number of para-hydroxylation sites is 1. The van der Waals surface area contributed by atoms with E-state index in [2.05, 4.69) is 26.1 Å². The molecule has 1 fully saturated rings. The Hall–Kier alpha value is -1.89. The zero-order valence-electron chi connectivity index (χ0n) is 14.1. The van der Waals surface area contributed by atoms with E-state index in [-0.39, 0.29) is 11.8 Å². The van der Waals surface area contributed by atoms with Crippen LogP contribution in [0.4, 0.5) is 5.69 Å². The maximum absolute atomic E-state index is 12.5. The molecule has 1 saturated heterocycles. The Labute approximate surface area is 166 Å². The van der Waals surface area contributed by atoms with Crippen molar-refractivity contribution in [1.29, 1.82) is 0 Å². The van der Waals surface area contributed by atoms with E-state index in [0.29, 0.717) is 43.3 Å². The molecule has 0 bridgehead atoms. The van der Waals surface area contributed by atoms with Gasteiger partial charge in [0.2, 0.25) is 5.91 Å². The number of halogens is 2. The van der Waals surface area contributed by atoms with Crippen LogP contribution in [0.15, 0.2) is 53.0 Å². The minimum Gasteiger partial charge on any atom is -0.336 e. The molecule has 0 aliphatic carbocycles. The zero-order chi connectivity index (χ0) is 18.5. The van der Waals surface area contributed by atoms with Gasteiger partial charge >= 0.3 is 0 Å². The van der Waals surface area contributed by atoms with Crippen LogP contribution in [-0.4, -0.2) is 54.3 Å². The molecule has 0 aromatic heterocycles. The van der Waals surface area contributed by atoms with Crippen LogP contribution >= 0.6 is 27.5 Å². The summed E-state index contributed by atoms with van der Waals surface area (Å²) in [4.78, 5) is 28.6. The number of carbonyl (C=O) groups is 2. The number of rotatable bonds is 4. The Morgan fingerprint density at radius 2 is 1.65 bits per heavy atom. The molecule has 1 aliphatic heterocycles. The largest absolute Gasteiger partial charge is 0.336 e. The maximum Gasteiger partial charge on any atom is 0.253 e. The molecule has 2 aromatic carbocycles. The van der Waals surface area contributed by atoms with Gasteiger partial charge in [0.05, 0.1) is 12.2 Å². The predicted molar refractivity (Wildman–Crippen MR) is 107 cm³/mol.